The van der Waals surface area contributed by atoms with E-state index < -0.39 is 11.4 Å². The van der Waals surface area contributed by atoms with Crippen molar-refractivity contribution in [1.29, 1.82) is 0 Å². The summed E-state index contributed by atoms with van der Waals surface area (Å²) in [5.41, 5.74) is 0.518. The molecule has 0 aromatic heterocycles. The van der Waals surface area contributed by atoms with E-state index in [2.05, 4.69) is 12.1 Å². The fourth-order valence-corrected chi connectivity index (χ4v) is 3.39. The van der Waals surface area contributed by atoms with Crippen LogP contribution in [-0.4, -0.2) is 47.7 Å². The van der Waals surface area contributed by atoms with Crippen LogP contribution in [0.1, 0.15) is 37.7 Å². The molecule has 1 saturated heterocycles. The zero-order valence-electron chi connectivity index (χ0n) is 13.9. The first-order valence-electron chi connectivity index (χ1n) is 8.76. The molecule has 1 aliphatic carbocycles. The maximum atomic E-state index is 12.2. The van der Waals surface area contributed by atoms with Gasteiger partial charge in [-0.25, -0.2) is 0 Å². The number of amides is 1. The lowest BCUT2D eigenvalue weighted by atomic mass is 9.66. The van der Waals surface area contributed by atoms with E-state index in [1.165, 1.54) is 5.56 Å². The van der Waals surface area contributed by atoms with Crippen LogP contribution in [0.3, 0.4) is 0 Å². The molecule has 1 aromatic carbocycles. The van der Waals surface area contributed by atoms with Crippen LogP contribution in [0.2, 0.25) is 0 Å². The van der Waals surface area contributed by atoms with Crippen LogP contribution in [0.15, 0.2) is 30.3 Å². The topological polar surface area (TPSA) is 66.8 Å². The van der Waals surface area contributed by atoms with Gasteiger partial charge in [0.15, 0.2) is 0 Å². The van der Waals surface area contributed by atoms with E-state index in [9.17, 15) is 14.7 Å². The Kier molecular flexibility index (Phi) is 5.19. The summed E-state index contributed by atoms with van der Waals surface area (Å²) in [7, 11) is 0. The number of nitrogens with zero attached hydrogens (tertiary/aromatic N) is 1. The number of carbonyl (C=O) groups excluding carboxylic acids is 1. The minimum absolute atomic E-state index is 0.0405. The third kappa shape index (κ3) is 3.78. The van der Waals surface area contributed by atoms with E-state index in [4.69, 9.17) is 4.74 Å². The van der Waals surface area contributed by atoms with Crippen LogP contribution in [0, 0.1) is 5.41 Å². The lowest BCUT2D eigenvalue weighted by Gasteiger charge is -2.43. The van der Waals surface area contributed by atoms with Crippen LogP contribution in [0.5, 0.6) is 0 Å². The number of aliphatic carboxylic acids is 1. The molecular weight excluding hydrogens is 306 g/mol. The van der Waals surface area contributed by atoms with Crippen LogP contribution in [-0.2, 0) is 20.7 Å². The highest BCUT2D eigenvalue weighted by Crippen LogP contribution is 2.44. The third-order valence-electron chi connectivity index (χ3n) is 5.26. The van der Waals surface area contributed by atoms with Gasteiger partial charge in [-0.15, -0.1) is 0 Å². The molecule has 1 N–H and O–H groups in total. The first kappa shape index (κ1) is 17.0. The van der Waals surface area contributed by atoms with Crippen molar-refractivity contribution in [1.82, 2.24) is 4.90 Å². The summed E-state index contributed by atoms with van der Waals surface area (Å²) in [5.74, 6) is -0.863. The molecule has 1 saturated carbocycles. The van der Waals surface area contributed by atoms with Crippen molar-refractivity contribution in [2.45, 2.75) is 44.6 Å². The fourth-order valence-electron chi connectivity index (χ4n) is 3.39. The molecule has 5 nitrogen and oxygen atoms in total. The van der Waals surface area contributed by atoms with Gasteiger partial charge in [-0.2, -0.15) is 0 Å². The molecule has 2 aliphatic rings. The minimum Gasteiger partial charge on any atom is -0.481 e. The Morgan fingerprint density at radius 3 is 2.50 bits per heavy atom. The van der Waals surface area contributed by atoms with Gasteiger partial charge in [0, 0.05) is 26.1 Å². The number of carboxylic acids is 1. The molecule has 1 aromatic rings. The lowest BCUT2D eigenvalue weighted by molar-refractivity contribution is -0.163. The summed E-state index contributed by atoms with van der Waals surface area (Å²) in [6.45, 7) is 1.89. The standard InChI is InChI=1S/C19H25NO4/c21-17(12-19(18(22)23)9-5-10-19)20-13-16(14-20)24-11-4-8-15-6-2-1-3-7-15/h1-3,6-7,16H,4-5,8-14H2,(H,22,23). The van der Waals surface area contributed by atoms with Gasteiger partial charge in [0.2, 0.25) is 5.91 Å². The number of rotatable bonds is 8. The van der Waals surface area contributed by atoms with Gasteiger partial charge in [-0.05, 0) is 31.2 Å². The molecule has 1 heterocycles. The lowest BCUT2D eigenvalue weighted by Crippen LogP contribution is -2.56. The van der Waals surface area contributed by atoms with Gasteiger partial charge >= 0.3 is 5.97 Å². The SMILES string of the molecule is O=C(CC1(C(=O)O)CCC1)N1CC(OCCCc2ccccc2)C1. The van der Waals surface area contributed by atoms with Gasteiger partial charge in [-0.3, -0.25) is 9.59 Å². The highest BCUT2D eigenvalue weighted by atomic mass is 16.5. The summed E-state index contributed by atoms with van der Waals surface area (Å²) >= 11 is 0. The van der Waals surface area contributed by atoms with E-state index in [0.717, 1.165) is 19.3 Å². The second-order valence-electron chi connectivity index (χ2n) is 7.00. The summed E-state index contributed by atoms with van der Waals surface area (Å²) in [4.78, 5) is 25.3. The van der Waals surface area contributed by atoms with Gasteiger partial charge in [0.25, 0.3) is 0 Å². The molecule has 0 radical (unpaired) electrons. The minimum atomic E-state index is -0.823. The van der Waals surface area contributed by atoms with Gasteiger partial charge in [0.05, 0.1) is 11.5 Å². The van der Waals surface area contributed by atoms with E-state index in [1.807, 2.05) is 18.2 Å². The first-order valence-corrected chi connectivity index (χ1v) is 8.76. The van der Waals surface area contributed by atoms with E-state index >= 15 is 0 Å². The number of aryl methyl sites for hydroxylation is 1. The Balaban J connectivity index is 1.31. The molecule has 0 unspecified atom stereocenters. The molecule has 24 heavy (non-hydrogen) atoms. The number of carboxylic acid groups (broad SMARTS) is 1. The van der Waals surface area contributed by atoms with Crippen molar-refractivity contribution in [3.8, 4) is 0 Å². The molecule has 0 bridgehead atoms. The summed E-state index contributed by atoms with van der Waals surface area (Å²) in [6.07, 6.45) is 4.37. The molecular formula is C19H25NO4. The molecule has 0 atom stereocenters. The Bertz CT molecular complexity index is 576. The molecule has 5 heteroatoms. The molecule has 1 amide bonds. The number of likely N-dealkylation sites (tertiary alicyclic amines) is 1. The monoisotopic (exact) mass is 331 g/mol. The van der Waals surface area contributed by atoms with Gasteiger partial charge in [0.1, 0.15) is 0 Å². The Morgan fingerprint density at radius 1 is 1.21 bits per heavy atom. The van der Waals surface area contributed by atoms with Crippen molar-refractivity contribution in [2.24, 2.45) is 5.41 Å². The van der Waals surface area contributed by atoms with Crippen molar-refractivity contribution in [3.05, 3.63) is 35.9 Å². The number of hydrogen-bond acceptors (Lipinski definition) is 3. The highest BCUT2D eigenvalue weighted by Gasteiger charge is 2.47. The van der Waals surface area contributed by atoms with Crippen LogP contribution in [0.4, 0.5) is 0 Å². The Morgan fingerprint density at radius 2 is 1.92 bits per heavy atom. The maximum Gasteiger partial charge on any atom is 0.310 e. The second-order valence-corrected chi connectivity index (χ2v) is 7.00. The maximum absolute atomic E-state index is 12.2. The number of carbonyl (C=O) groups is 2. The van der Waals surface area contributed by atoms with Crippen LogP contribution >= 0.6 is 0 Å². The van der Waals surface area contributed by atoms with E-state index in [0.29, 0.717) is 32.5 Å². The third-order valence-corrected chi connectivity index (χ3v) is 5.26. The fraction of sp³-hybridized carbons (Fsp3) is 0.579. The molecule has 1 aliphatic heterocycles. The van der Waals surface area contributed by atoms with Crippen molar-refractivity contribution in [2.75, 3.05) is 19.7 Å². The molecule has 2 fully saturated rings. The summed E-state index contributed by atoms with van der Waals surface area (Å²) < 4.78 is 5.79. The van der Waals surface area contributed by atoms with Crippen LogP contribution < -0.4 is 0 Å². The average molecular weight is 331 g/mol. The molecule has 0 spiro atoms. The molecule has 3 rings (SSSR count). The van der Waals surface area contributed by atoms with Crippen molar-refractivity contribution in [3.63, 3.8) is 0 Å². The van der Waals surface area contributed by atoms with Crippen molar-refractivity contribution < 1.29 is 19.4 Å². The van der Waals surface area contributed by atoms with Crippen molar-refractivity contribution >= 4 is 11.9 Å². The van der Waals surface area contributed by atoms with Gasteiger partial charge in [-0.1, -0.05) is 36.8 Å². The zero-order valence-corrected chi connectivity index (χ0v) is 13.9. The van der Waals surface area contributed by atoms with E-state index in [1.54, 1.807) is 4.90 Å². The zero-order chi connectivity index (χ0) is 17.0. The smallest absolute Gasteiger partial charge is 0.310 e. The number of benzene rings is 1. The van der Waals surface area contributed by atoms with E-state index in [-0.39, 0.29) is 18.4 Å². The molecule has 130 valence electrons. The predicted molar refractivity (Wildman–Crippen MR) is 89.6 cm³/mol. The largest absolute Gasteiger partial charge is 0.481 e. The summed E-state index contributed by atoms with van der Waals surface area (Å²) in [5, 5.41) is 9.30. The Hall–Kier alpha value is -1.88. The second kappa shape index (κ2) is 7.34. The summed E-state index contributed by atoms with van der Waals surface area (Å²) in [6, 6.07) is 10.3. The average Bonchev–Trinajstić information content (AvgIpc) is 2.49. The number of hydrogen-bond donors (Lipinski definition) is 1. The first-order chi connectivity index (χ1) is 11.6. The number of ether oxygens (including phenoxy) is 1. The quantitative estimate of drug-likeness (QED) is 0.743. The normalized spacial score (nSPS) is 19.4. The predicted octanol–water partition coefficient (Wildman–Crippen LogP) is 2.49. The highest BCUT2D eigenvalue weighted by molar-refractivity contribution is 5.86. The Labute approximate surface area is 142 Å². The van der Waals surface area contributed by atoms with Crippen LogP contribution in [0.25, 0.3) is 0 Å². The van der Waals surface area contributed by atoms with Gasteiger partial charge < -0.3 is 14.7 Å².